The smallest absolute Gasteiger partial charge is 0.417 e. The zero-order valence-electron chi connectivity index (χ0n) is 16.8. The van der Waals surface area contributed by atoms with Crippen molar-refractivity contribution in [3.63, 3.8) is 0 Å². The van der Waals surface area contributed by atoms with Gasteiger partial charge in [0.25, 0.3) is 0 Å². The van der Waals surface area contributed by atoms with Gasteiger partial charge in [0.05, 0.1) is 21.6 Å². The predicted octanol–water partition coefficient (Wildman–Crippen LogP) is 4.82. The molecule has 3 rings (SSSR count). The maximum atomic E-state index is 13.2. The topological polar surface area (TPSA) is 58.0 Å². The Morgan fingerprint density at radius 3 is 2.37 bits per heavy atom. The molecule has 3 aromatic rings. The summed E-state index contributed by atoms with van der Waals surface area (Å²) in [5.41, 5.74) is 1.52. The molecule has 30 heavy (non-hydrogen) atoms. The van der Waals surface area contributed by atoms with Crippen LogP contribution < -0.4 is 5.11 Å². The Labute approximate surface area is 177 Å². The highest BCUT2D eigenvalue weighted by Crippen LogP contribution is 2.37. The van der Waals surface area contributed by atoms with E-state index in [0.717, 1.165) is 17.3 Å². The summed E-state index contributed by atoms with van der Waals surface area (Å²) in [6.07, 6.45) is -3.46. The molecule has 0 spiro atoms. The molecule has 0 N–H and O–H groups in total. The van der Waals surface area contributed by atoms with Crippen molar-refractivity contribution >= 4 is 28.6 Å². The Morgan fingerprint density at radius 1 is 1.20 bits per heavy atom. The number of nitrogens with zero attached hydrogens (tertiary/aromatic N) is 2. The number of aryl methyl sites for hydroxylation is 1. The molecule has 0 saturated heterocycles. The normalized spacial score (nSPS) is 14.1. The van der Waals surface area contributed by atoms with Crippen molar-refractivity contribution in [2.24, 2.45) is 11.8 Å². The van der Waals surface area contributed by atoms with Gasteiger partial charge in [-0.1, -0.05) is 44.5 Å². The molecule has 0 amide bonds. The van der Waals surface area contributed by atoms with E-state index in [1.54, 1.807) is 11.5 Å². The summed E-state index contributed by atoms with van der Waals surface area (Å²) in [5.74, 6) is -1.13. The second kappa shape index (κ2) is 8.30. The minimum atomic E-state index is -4.55. The van der Waals surface area contributed by atoms with E-state index in [2.05, 4.69) is 4.98 Å². The summed E-state index contributed by atoms with van der Waals surface area (Å²) in [4.78, 5) is 15.4. The molecule has 1 unspecified atom stereocenters. The van der Waals surface area contributed by atoms with Crippen LogP contribution in [0.25, 0.3) is 16.7 Å². The number of aliphatic carboxylic acids is 1. The van der Waals surface area contributed by atoms with E-state index in [4.69, 9.17) is 11.6 Å². The Morgan fingerprint density at radius 2 is 1.83 bits per heavy atom. The Balaban J connectivity index is 2.00. The molecule has 2 atom stereocenters. The van der Waals surface area contributed by atoms with Gasteiger partial charge in [0.15, 0.2) is 0 Å². The zero-order chi connectivity index (χ0) is 22.2. The molecular weight excluding hydrogens is 417 g/mol. The molecule has 1 aromatic heterocycles. The highest BCUT2D eigenvalue weighted by atomic mass is 35.5. The monoisotopic (exact) mass is 437 g/mol. The fourth-order valence-corrected chi connectivity index (χ4v) is 3.72. The molecule has 8 heteroatoms. The van der Waals surface area contributed by atoms with E-state index in [9.17, 15) is 23.1 Å². The summed E-state index contributed by atoms with van der Waals surface area (Å²) < 4.78 is 41.3. The minimum absolute atomic E-state index is 0.0966. The number of alkyl halides is 3. The molecule has 0 aliphatic rings. The van der Waals surface area contributed by atoms with Crippen LogP contribution in [0.1, 0.15) is 37.7 Å². The number of carbonyl (C=O) groups is 1. The number of hydrogen-bond donors (Lipinski definition) is 0. The number of carbonyl (C=O) groups excluding carboxylic acids is 1. The van der Waals surface area contributed by atoms with Crippen molar-refractivity contribution in [1.82, 2.24) is 9.55 Å². The van der Waals surface area contributed by atoms with E-state index in [-0.39, 0.29) is 16.5 Å². The van der Waals surface area contributed by atoms with E-state index in [1.165, 1.54) is 6.07 Å². The average Bonchev–Trinajstić information content (AvgIpc) is 3.03. The van der Waals surface area contributed by atoms with Gasteiger partial charge in [-0.05, 0) is 48.1 Å². The number of hydrogen-bond acceptors (Lipinski definition) is 3. The van der Waals surface area contributed by atoms with Crippen LogP contribution in [0.2, 0.25) is 5.02 Å². The number of aromatic nitrogens is 2. The van der Waals surface area contributed by atoms with Gasteiger partial charge in [-0.15, -0.1) is 0 Å². The van der Waals surface area contributed by atoms with Crippen molar-refractivity contribution in [3.05, 3.63) is 58.4 Å². The number of benzene rings is 2. The first-order valence-electron chi connectivity index (χ1n) is 9.61. The third-order valence-corrected chi connectivity index (χ3v) is 5.72. The Bertz CT molecular complexity index is 1070. The van der Waals surface area contributed by atoms with Crippen molar-refractivity contribution in [1.29, 1.82) is 0 Å². The standard InChI is InChI=1S/C22H22ClF3N2O2/c1-4-20-27-18-10-16(22(24,25)26)17(23)11-19(18)28(20)15-7-5-14(6-8-15)9-12(2)13(3)21(29)30/h5-8,10-13H,4,9H2,1-3H3,(H,29,30)/p-1/t12-,13?/m1/s1. The largest absolute Gasteiger partial charge is 0.550 e. The van der Waals surface area contributed by atoms with Crippen molar-refractivity contribution < 1.29 is 23.1 Å². The summed E-state index contributed by atoms with van der Waals surface area (Å²) in [5, 5.41) is 10.7. The van der Waals surface area contributed by atoms with Crippen LogP contribution in [-0.2, 0) is 23.8 Å². The van der Waals surface area contributed by atoms with Gasteiger partial charge in [0.2, 0.25) is 0 Å². The molecule has 0 fully saturated rings. The SMILES string of the molecule is CCc1nc2cc(C(F)(F)F)c(Cl)cc2n1-c1ccc(C[C@@H](C)C(C)C(=O)[O-])cc1. The maximum absolute atomic E-state index is 13.2. The number of imidazole rings is 1. The number of carboxylic acid groups (broad SMARTS) is 1. The molecule has 0 aliphatic heterocycles. The average molecular weight is 438 g/mol. The summed E-state index contributed by atoms with van der Waals surface area (Å²) >= 11 is 5.92. The maximum Gasteiger partial charge on any atom is 0.417 e. The van der Waals surface area contributed by atoms with Gasteiger partial charge in [0, 0.05) is 18.1 Å². The van der Waals surface area contributed by atoms with Gasteiger partial charge in [0.1, 0.15) is 5.82 Å². The van der Waals surface area contributed by atoms with Crippen LogP contribution in [0, 0.1) is 11.8 Å². The first-order chi connectivity index (χ1) is 14.0. The lowest BCUT2D eigenvalue weighted by Gasteiger charge is -2.21. The molecule has 0 radical (unpaired) electrons. The molecule has 0 bridgehead atoms. The quantitative estimate of drug-likeness (QED) is 0.555. The first-order valence-corrected chi connectivity index (χ1v) is 9.99. The lowest BCUT2D eigenvalue weighted by molar-refractivity contribution is -0.312. The summed E-state index contributed by atoms with van der Waals surface area (Å²) in [6.45, 7) is 5.35. The summed E-state index contributed by atoms with van der Waals surface area (Å²) in [6, 6.07) is 9.72. The number of carboxylic acids is 1. The fraction of sp³-hybridized carbons (Fsp3) is 0.364. The summed E-state index contributed by atoms with van der Waals surface area (Å²) in [7, 11) is 0. The Hall–Kier alpha value is -2.54. The van der Waals surface area contributed by atoms with Crippen LogP contribution in [0.5, 0.6) is 0 Å². The predicted molar refractivity (Wildman–Crippen MR) is 107 cm³/mol. The van der Waals surface area contributed by atoms with Crippen molar-refractivity contribution in [3.8, 4) is 5.69 Å². The lowest BCUT2D eigenvalue weighted by atomic mass is 9.90. The van der Waals surface area contributed by atoms with Crippen molar-refractivity contribution in [2.75, 3.05) is 0 Å². The highest BCUT2D eigenvalue weighted by molar-refractivity contribution is 6.32. The fourth-order valence-electron chi connectivity index (χ4n) is 3.45. The van der Waals surface area contributed by atoms with Crippen LogP contribution in [0.4, 0.5) is 13.2 Å². The lowest BCUT2D eigenvalue weighted by Crippen LogP contribution is -2.33. The van der Waals surface area contributed by atoms with E-state index in [1.807, 2.05) is 38.1 Å². The Kier molecular flexibility index (Phi) is 6.13. The van der Waals surface area contributed by atoms with Gasteiger partial charge in [-0.2, -0.15) is 13.2 Å². The van der Waals surface area contributed by atoms with Gasteiger partial charge < -0.3 is 9.90 Å². The van der Waals surface area contributed by atoms with E-state index in [0.29, 0.717) is 24.2 Å². The second-order valence-corrected chi connectivity index (χ2v) is 7.90. The minimum Gasteiger partial charge on any atom is -0.550 e. The zero-order valence-corrected chi connectivity index (χ0v) is 17.5. The third-order valence-electron chi connectivity index (χ3n) is 5.41. The molecule has 0 aliphatic carbocycles. The molecule has 0 saturated carbocycles. The van der Waals surface area contributed by atoms with Crippen LogP contribution >= 0.6 is 11.6 Å². The van der Waals surface area contributed by atoms with Crippen LogP contribution in [-0.4, -0.2) is 15.5 Å². The van der Waals surface area contributed by atoms with E-state index >= 15 is 0 Å². The van der Waals surface area contributed by atoms with Crippen molar-refractivity contribution in [2.45, 2.75) is 39.8 Å². The van der Waals surface area contributed by atoms with Gasteiger partial charge in [-0.3, -0.25) is 4.57 Å². The second-order valence-electron chi connectivity index (χ2n) is 7.49. The van der Waals surface area contributed by atoms with Gasteiger partial charge in [-0.25, -0.2) is 4.98 Å². The van der Waals surface area contributed by atoms with E-state index < -0.39 is 23.6 Å². The number of fused-ring (bicyclic) bond motifs is 1. The molecule has 1 heterocycles. The molecule has 4 nitrogen and oxygen atoms in total. The number of halogens is 4. The van der Waals surface area contributed by atoms with Crippen LogP contribution in [0.15, 0.2) is 36.4 Å². The highest BCUT2D eigenvalue weighted by Gasteiger charge is 2.34. The molecule has 160 valence electrons. The molecular formula is C22H21ClF3N2O2-. The number of rotatable bonds is 6. The van der Waals surface area contributed by atoms with Gasteiger partial charge >= 0.3 is 6.18 Å². The van der Waals surface area contributed by atoms with Crippen LogP contribution in [0.3, 0.4) is 0 Å². The third kappa shape index (κ3) is 4.31. The first kappa shape index (κ1) is 22.2. The molecule has 2 aromatic carbocycles.